The molecule has 0 unspecified atom stereocenters. The number of nitrogens with zero attached hydrogens (tertiary/aromatic N) is 2. The first kappa shape index (κ1) is 18.6. The van der Waals surface area contributed by atoms with Crippen LogP contribution < -0.4 is 5.32 Å². The van der Waals surface area contributed by atoms with Crippen LogP contribution in [0.4, 0.5) is 5.69 Å². The zero-order valence-electron chi connectivity index (χ0n) is 14.7. The van der Waals surface area contributed by atoms with E-state index >= 15 is 0 Å². The molecule has 0 aliphatic carbocycles. The minimum Gasteiger partial charge on any atom is -0.337 e. The number of amides is 2. The molecule has 27 heavy (non-hydrogen) atoms. The van der Waals surface area contributed by atoms with Crippen molar-refractivity contribution in [2.24, 2.45) is 0 Å². The molecule has 2 amide bonds. The summed E-state index contributed by atoms with van der Waals surface area (Å²) >= 11 is 5.84. The van der Waals surface area contributed by atoms with Gasteiger partial charge in [0.1, 0.15) is 5.69 Å². The number of hydrogen-bond donors (Lipinski definition) is 1. The molecular weight excluding hydrogens is 362 g/mol. The van der Waals surface area contributed by atoms with Crippen molar-refractivity contribution in [1.29, 1.82) is 0 Å². The highest BCUT2D eigenvalue weighted by atomic mass is 35.5. The van der Waals surface area contributed by atoms with Crippen molar-refractivity contribution in [3.63, 3.8) is 0 Å². The number of pyridine rings is 1. The Bertz CT molecular complexity index is 943. The maximum atomic E-state index is 12.7. The van der Waals surface area contributed by atoms with Crippen LogP contribution in [0, 0.1) is 0 Å². The van der Waals surface area contributed by atoms with Gasteiger partial charge in [0.25, 0.3) is 11.8 Å². The fourth-order valence-corrected chi connectivity index (χ4v) is 2.69. The fourth-order valence-electron chi connectivity index (χ4n) is 2.57. The third kappa shape index (κ3) is 4.92. The van der Waals surface area contributed by atoms with Crippen LogP contribution in [0.25, 0.3) is 0 Å². The number of benzene rings is 2. The van der Waals surface area contributed by atoms with Crippen LogP contribution in [0.1, 0.15) is 26.4 Å². The maximum Gasteiger partial charge on any atom is 0.274 e. The van der Waals surface area contributed by atoms with Crippen LogP contribution in [0.2, 0.25) is 5.02 Å². The standard InChI is InChI=1S/C21H18ClN3O2/c1-25(14-15-5-3-2-4-6-15)21(27)16-11-12-23-19(13-16)20(26)24-18-9-7-17(22)8-10-18/h2-13H,14H2,1H3,(H,24,26). The number of anilines is 1. The first-order valence-electron chi connectivity index (χ1n) is 8.35. The van der Waals surface area contributed by atoms with E-state index in [1.165, 1.54) is 12.3 Å². The van der Waals surface area contributed by atoms with E-state index in [4.69, 9.17) is 11.6 Å². The molecule has 0 saturated carbocycles. The summed E-state index contributed by atoms with van der Waals surface area (Å²) < 4.78 is 0. The van der Waals surface area contributed by atoms with Gasteiger partial charge < -0.3 is 10.2 Å². The summed E-state index contributed by atoms with van der Waals surface area (Å²) in [7, 11) is 1.73. The highest BCUT2D eigenvalue weighted by Crippen LogP contribution is 2.15. The molecule has 3 aromatic rings. The van der Waals surface area contributed by atoms with Gasteiger partial charge in [0.2, 0.25) is 0 Å². The smallest absolute Gasteiger partial charge is 0.274 e. The predicted octanol–water partition coefficient (Wildman–Crippen LogP) is 4.26. The van der Waals surface area contributed by atoms with Crippen molar-refractivity contribution in [2.75, 3.05) is 12.4 Å². The van der Waals surface area contributed by atoms with E-state index in [0.717, 1.165) is 5.56 Å². The molecule has 0 radical (unpaired) electrons. The van der Waals surface area contributed by atoms with Gasteiger partial charge in [0.15, 0.2) is 0 Å². The van der Waals surface area contributed by atoms with Crippen LogP contribution in [0.15, 0.2) is 72.9 Å². The normalized spacial score (nSPS) is 10.3. The van der Waals surface area contributed by atoms with Gasteiger partial charge in [0.05, 0.1) is 0 Å². The van der Waals surface area contributed by atoms with E-state index in [1.807, 2.05) is 30.3 Å². The molecule has 0 aliphatic heterocycles. The summed E-state index contributed by atoms with van der Waals surface area (Å²) in [6.07, 6.45) is 1.46. The molecule has 1 aromatic heterocycles. The summed E-state index contributed by atoms with van der Waals surface area (Å²) in [4.78, 5) is 30.7. The van der Waals surface area contributed by atoms with E-state index in [0.29, 0.717) is 22.8 Å². The number of carbonyl (C=O) groups excluding carboxylic acids is 2. The van der Waals surface area contributed by atoms with Crippen molar-refractivity contribution in [2.45, 2.75) is 6.54 Å². The molecule has 0 bridgehead atoms. The summed E-state index contributed by atoms with van der Waals surface area (Å²) in [6, 6.07) is 19.6. The lowest BCUT2D eigenvalue weighted by molar-refractivity contribution is 0.0785. The third-order valence-electron chi connectivity index (χ3n) is 3.95. The highest BCUT2D eigenvalue weighted by Gasteiger charge is 2.15. The number of rotatable bonds is 5. The van der Waals surface area contributed by atoms with Crippen LogP contribution in [0.3, 0.4) is 0 Å². The zero-order chi connectivity index (χ0) is 19.2. The van der Waals surface area contributed by atoms with E-state index in [9.17, 15) is 9.59 Å². The quantitative estimate of drug-likeness (QED) is 0.720. The first-order valence-corrected chi connectivity index (χ1v) is 8.73. The van der Waals surface area contributed by atoms with Crippen molar-refractivity contribution in [3.05, 3.63) is 94.8 Å². The monoisotopic (exact) mass is 379 g/mol. The van der Waals surface area contributed by atoms with Crippen molar-refractivity contribution >= 4 is 29.1 Å². The Morgan fingerprint density at radius 1 is 1.04 bits per heavy atom. The summed E-state index contributed by atoms with van der Waals surface area (Å²) in [6.45, 7) is 0.480. The molecular formula is C21H18ClN3O2. The Morgan fingerprint density at radius 3 is 2.44 bits per heavy atom. The SMILES string of the molecule is CN(Cc1ccccc1)C(=O)c1ccnc(C(=O)Nc2ccc(Cl)cc2)c1. The van der Waals surface area contributed by atoms with Gasteiger partial charge in [-0.3, -0.25) is 14.6 Å². The number of hydrogen-bond acceptors (Lipinski definition) is 3. The van der Waals surface area contributed by atoms with Crippen molar-refractivity contribution in [1.82, 2.24) is 9.88 Å². The molecule has 2 aromatic carbocycles. The van der Waals surface area contributed by atoms with Crippen LogP contribution in [-0.4, -0.2) is 28.7 Å². The number of aromatic nitrogens is 1. The second-order valence-corrected chi connectivity index (χ2v) is 6.47. The Morgan fingerprint density at radius 2 is 1.74 bits per heavy atom. The summed E-state index contributed by atoms with van der Waals surface area (Å²) in [5.41, 5.74) is 2.21. The molecule has 3 rings (SSSR count). The number of halogens is 1. The molecule has 1 heterocycles. The van der Waals surface area contributed by atoms with Gasteiger partial charge in [-0.1, -0.05) is 41.9 Å². The molecule has 0 atom stereocenters. The van der Waals surface area contributed by atoms with E-state index in [-0.39, 0.29) is 11.6 Å². The van der Waals surface area contributed by atoms with Gasteiger partial charge in [-0.15, -0.1) is 0 Å². The Kier molecular flexibility index (Phi) is 5.84. The topological polar surface area (TPSA) is 62.3 Å². The lowest BCUT2D eigenvalue weighted by atomic mass is 10.1. The lowest BCUT2D eigenvalue weighted by Crippen LogP contribution is -2.26. The van der Waals surface area contributed by atoms with Gasteiger partial charge in [0, 0.05) is 36.1 Å². The predicted molar refractivity (Wildman–Crippen MR) is 106 cm³/mol. The van der Waals surface area contributed by atoms with Crippen molar-refractivity contribution in [3.8, 4) is 0 Å². The summed E-state index contributed by atoms with van der Waals surface area (Å²) in [5.74, 6) is -0.570. The third-order valence-corrected chi connectivity index (χ3v) is 4.20. The highest BCUT2D eigenvalue weighted by molar-refractivity contribution is 6.30. The van der Waals surface area contributed by atoms with Crippen LogP contribution in [0.5, 0.6) is 0 Å². The van der Waals surface area contributed by atoms with Gasteiger partial charge in [-0.05, 0) is 42.0 Å². The van der Waals surface area contributed by atoms with Crippen molar-refractivity contribution < 1.29 is 9.59 Å². The largest absolute Gasteiger partial charge is 0.337 e. The van der Waals surface area contributed by atoms with E-state index < -0.39 is 5.91 Å². The fraction of sp³-hybridized carbons (Fsp3) is 0.0952. The van der Waals surface area contributed by atoms with E-state index in [2.05, 4.69) is 10.3 Å². The Labute approximate surface area is 162 Å². The van der Waals surface area contributed by atoms with Crippen LogP contribution >= 0.6 is 11.6 Å². The molecule has 6 heteroatoms. The molecule has 5 nitrogen and oxygen atoms in total. The van der Waals surface area contributed by atoms with Gasteiger partial charge in [-0.25, -0.2) is 0 Å². The lowest BCUT2D eigenvalue weighted by Gasteiger charge is -2.17. The second-order valence-electron chi connectivity index (χ2n) is 6.04. The molecule has 0 saturated heterocycles. The molecule has 0 aliphatic rings. The van der Waals surface area contributed by atoms with E-state index in [1.54, 1.807) is 42.3 Å². The first-order chi connectivity index (χ1) is 13.0. The molecule has 0 spiro atoms. The average molecular weight is 380 g/mol. The minimum atomic E-state index is -0.391. The maximum absolute atomic E-state index is 12.7. The molecule has 1 N–H and O–H groups in total. The zero-order valence-corrected chi connectivity index (χ0v) is 15.5. The number of nitrogens with one attached hydrogen (secondary N) is 1. The molecule has 0 fully saturated rings. The van der Waals surface area contributed by atoms with Crippen LogP contribution in [-0.2, 0) is 6.54 Å². The summed E-state index contributed by atoms with van der Waals surface area (Å²) in [5, 5.41) is 3.32. The van der Waals surface area contributed by atoms with Gasteiger partial charge >= 0.3 is 0 Å². The number of carbonyl (C=O) groups is 2. The average Bonchev–Trinajstić information content (AvgIpc) is 2.70. The molecule has 136 valence electrons. The Hall–Kier alpha value is -3.18. The minimum absolute atomic E-state index is 0.170. The second kappa shape index (κ2) is 8.47. The van der Waals surface area contributed by atoms with Gasteiger partial charge in [-0.2, -0.15) is 0 Å². The Balaban J connectivity index is 1.71.